The number of carboxylic acids is 1. The Kier molecular flexibility index (Phi) is 8.82. The summed E-state index contributed by atoms with van der Waals surface area (Å²) in [7, 11) is 0. The zero-order chi connectivity index (χ0) is 25.9. The highest BCUT2D eigenvalue weighted by atomic mass is 19.1. The molecule has 4 N–H and O–H groups in total. The Bertz CT molecular complexity index is 1340. The van der Waals surface area contributed by atoms with Crippen molar-refractivity contribution in [3.63, 3.8) is 0 Å². The van der Waals surface area contributed by atoms with Crippen LogP contribution in [0.5, 0.6) is 0 Å². The van der Waals surface area contributed by atoms with Gasteiger partial charge in [-0.05, 0) is 35.9 Å². The highest BCUT2D eigenvalue weighted by Gasteiger charge is 2.16. The predicted molar refractivity (Wildman–Crippen MR) is 132 cm³/mol. The number of amides is 3. The largest absolute Gasteiger partial charge is 0.478 e. The highest BCUT2D eigenvalue weighted by Crippen LogP contribution is 2.16. The average molecular weight is 487 g/mol. The van der Waals surface area contributed by atoms with Crippen molar-refractivity contribution in [2.45, 2.75) is 6.54 Å². The van der Waals surface area contributed by atoms with Crippen LogP contribution in [0.25, 0.3) is 6.08 Å². The monoisotopic (exact) mass is 487 g/mol. The minimum atomic E-state index is -1.27. The van der Waals surface area contributed by atoms with Gasteiger partial charge >= 0.3 is 5.97 Å². The number of nitrogens with one attached hydrogen (secondary N) is 3. The molecule has 3 aromatic rings. The van der Waals surface area contributed by atoms with Crippen molar-refractivity contribution in [2.75, 3.05) is 5.32 Å². The summed E-state index contributed by atoms with van der Waals surface area (Å²) in [6, 6.07) is 20.6. The van der Waals surface area contributed by atoms with Crippen LogP contribution in [0.2, 0.25) is 0 Å². The molecule has 9 heteroatoms. The molecule has 0 bridgehead atoms. The summed E-state index contributed by atoms with van der Waals surface area (Å²) in [6.45, 7) is -0.0479. The Morgan fingerprint density at radius 3 is 2.22 bits per heavy atom. The van der Waals surface area contributed by atoms with E-state index in [2.05, 4.69) is 16.0 Å². The standard InChI is InChI=1S/C27H22FN3O5/c28-21-12-6-4-10-19(21)16-23(31-26(35)18-8-2-1-3-9-18)27(36)29-17-20-11-5-7-13-22(20)30-24(32)14-15-25(33)34/h1-16H,17H2,(H,29,36)(H,30,32)(H,31,35)(H,33,34)/b15-14+,23-16-. The first-order valence-corrected chi connectivity index (χ1v) is 10.7. The molecular formula is C27H22FN3O5. The SMILES string of the molecule is O=C(O)/C=C/C(=O)Nc1ccccc1CNC(=O)/C(=C/c1ccccc1F)NC(=O)c1ccccc1. The molecule has 8 nitrogen and oxygen atoms in total. The van der Waals surface area contributed by atoms with Crippen LogP contribution in [-0.2, 0) is 20.9 Å². The summed E-state index contributed by atoms with van der Waals surface area (Å²) < 4.78 is 14.2. The number of hydrogen-bond donors (Lipinski definition) is 4. The van der Waals surface area contributed by atoms with E-state index in [1.54, 1.807) is 60.7 Å². The molecule has 0 aliphatic rings. The van der Waals surface area contributed by atoms with E-state index in [1.807, 2.05) is 0 Å². The van der Waals surface area contributed by atoms with Gasteiger partial charge in [0, 0.05) is 35.5 Å². The maximum Gasteiger partial charge on any atom is 0.328 e. The van der Waals surface area contributed by atoms with E-state index in [0.29, 0.717) is 22.9 Å². The van der Waals surface area contributed by atoms with Crippen molar-refractivity contribution < 1.29 is 28.7 Å². The van der Waals surface area contributed by atoms with Crippen molar-refractivity contribution in [2.24, 2.45) is 0 Å². The number of carbonyl (C=O) groups excluding carboxylic acids is 3. The number of benzene rings is 3. The fourth-order valence-electron chi connectivity index (χ4n) is 3.08. The predicted octanol–water partition coefficient (Wildman–Crippen LogP) is 3.49. The Hall–Kier alpha value is -5.05. The van der Waals surface area contributed by atoms with Gasteiger partial charge in [0.15, 0.2) is 0 Å². The third-order valence-corrected chi connectivity index (χ3v) is 4.83. The Balaban J connectivity index is 1.80. The van der Waals surface area contributed by atoms with Gasteiger partial charge in [-0.2, -0.15) is 0 Å². The van der Waals surface area contributed by atoms with Gasteiger partial charge in [0.25, 0.3) is 11.8 Å². The van der Waals surface area contributed by atoms with E-state index < -0.39 is 29.5 Å². The molecule has 0 aliphatic heterocycles. The summed E-state index contributed by atoms with van der Waals surface area (Å²) in [5.74, 6) is -3.73. The first kappa shape index (κ1) is 25.6. The normalized spacial score (nSPS) is 11.1. The Morgan fingerprint density at radius 2 is 1.50 bits per heavy atom. The zero-order valence-corrected chi connectivity index (χ0v) is 18.9. The molecule has 0 heterocycles. The lowest BCUT2D eigenvalue weighted by Crippen LogP contribution is -2.34. The van der Waals surface area contributed by atoms with Gasteiger partial charge in [-0.3, -0.25) is 14.4 Å². The van der Waals surface area contributed by atoms with Crippen LogP contribution < -0.4 is 16.0 Å². The summed E-state index contributed by atoms with van der Waals surface area (Å²) in [5.41, 5.74) is 1.11. The lowest BCUT2D eigenvalue weighted by atomic mass is 10.1. The van der Waals surface area contributed by atoms with Gasteiger partial charge in [-0.25, -0.2) is 9.18 Å². The molecule has 0 saturated heterocycles. The first-order chi connectivity index (χ1) is 17.3. The molecule has 36 heavy (non-hydrogen) atoms. The molecule has 3 amide bonds. The van der Waals surface area contributed by atoms with Crippen molar-refractivity contribution >= 4 is 35.5 Å². The molecule has 0 spiro atoms. The van der Waals surface area contributed by atoms with Gasteiger partial charge in [-0.15, -0.1) is 0 Å². The fourth-order valence-corrected chi connectivity index (χ4v) is 3.08. The second kappa shape index (κ2) is 12.4. The number of anilines is 1. The number of aliphatic carboxylic acids is 1. The molecule has 3 aromatic carbocycles. The van der Waals surface area contributed by atoms with Crippen LogP contribution in [0, 0.1) is 5.82 Å². The Labute approximate surface area is 206 Å². The molecule has 0 radical (unpaired) electrons. The van der Waals surface area contributed by atoms with Crippen molar-refractivity contribution in [1.82, 2.24) is 10.6 Å². The van der Waals surface area contributed by atoms with Crippen LogP contribution in [0.3, 0.4) is 0 Å². The third-order valence-electron chi connectivity index (χ3n) is 4.83. The minimum absolute atomic E-state index is 0.0479. The quantitative estimate of drug-likeness (QED) is 0.344. The maximum absolute atomic E-state index is 14.2. The summed E-state index contributed by atoms with van der Waals surface area (Å²) in [6.07, 6.45) is 2.80. The average Bonchev–Trinajstić information content (AvgIpc) is 2.88. The van der Waals surface area contributed by atoms with Gasteiger partial charge in [0.2, 0.25) is 5.91 Å². The highest BCUT2D eigenvalue weighted by molar-refractivity contribution is 6.05. The van der Waals surface area contributed by atoms with Gasteiger partial charge in [-0.1, -0.05) is 54.6 Å². The van der Waals surface area contributed by atoms with Crippen molar-refractivity contribution in [3.05, 3.63) is 119 Å². The van der Waals surface area contributed by atoms with E-state index in [1.165, 1.54) is 24.3 Å². The maximum atomic E-state index is 14.2. The van der Waals surface area contributed by atoms with Crippen LogP contribution in [0.15, 0.2) is 96.7 Å². The number of carboxylic acid groups (broad SMARTS) is 1. The molecule has 0 aliphatic carbocycles. The topological polar surface area (TPSA) is 125 Å². The molecular weight excluding hydrogens is 465 g/mol. The summed E-state index contributed by atoms with van der Waals surface area (Å²) in [4.78, 5) is 48.3. The number of para-hydroxylation sites is 1. The molecule has 0 aromatic heterocycles. The molecule has 0 saturated carbocycles. The van der Waals surface area contributed by atoms with E-state index in [-0.39, 0.29) is 17.8 Å². The van der Waals surface area contributed by atoms with E-state index >= 15 is 0 Å². The smallest absolute Gasteiger partial charge is 0.328 e. The lowest BCUT2D eigenvalue weighted by molar-refractivity contribution is -0.131. The van der Waals surface area contributed by atoms with E-state index in [0.717, 1.165) is 6.08 Å². The lowest BCUT2D eigenvalue weighted by Gasteiger charge is -2.14. The Morgan fingerprint density at radius 1 is 0.833 bits per heavy atom. The molecule has 182 valence electrons. The van der Waals surface area contributed by atoms with Gasteiger partial charge < -0.3 is 21.1 Å². The van der Waals surface area contributed by atoms with Crippen molar-refractivity contribution in [1.29, 1.82) is 0 Å². The number of rotatable bonds is 9. The molecule has 0 atom stereocenters. The number of hydrogen-bond acceptors (Lipinski definition) is 4. The second-order valence-corrected chi connectivity index (χ2v) is 7.40. The van der Waals surface area contributed by atoms with E-state index in [9.17, 15) is 23.6 Å². The number of halogens is 1. The minimum Gasteiger partial charge on any atom is -0.478 e. The van der Waals surface area contributed by atoms with Crippen LogP contribution in [-0.4, -0.2) is 28.8 Å². The van der Waals surface area contributed by atoms with E-state index in [4.69, 9.17) is 5.11 Å². The van der Waals surface area contributed by atoms with Crippen molar-refractivity contribution in [3.8, 4) is 0 Å². The molecule has 3 rings (SSSR count). The molecule has 0 unspecified atom stereocenters. The summed E-state index contributed by atoms with van der Waals surface area (Å²) >= 11 is 0. The van der Waals surface area contributed by atoms with Crippen LogP contribution >= 0.6 is 0 Å². The van der Waals surface area contributed by atoms with Crippen LogP contribution in [0.4, 0.5) is 10.1 Å². The van der Waals surface area contributed by atoms with Crippen LogP contribution in [0.1, 0.15) is 21.5 Å². The number of carbonyl (C=O) groups is 4. The van der Waals surface area contributed by atoms with Gasteiger partial charge in [0.1, 0.15) is 11.5 Å². The first-order valence-electron chi connectivity index (χ1n) is 10.7. The second-order valence-electron chi connectivity index (χ2n) is 7.40. The third kappa shape index (κ3) is 7.49. The summed E-state index contributed by atoms with van der Waals surface area (Å²) in [5, 5.41) is 16.4. The molecule has 0 fully saturated rings. The zero-order valence-electron chi connectivity index (χ0n) is 18.9. The van der Waals surface area contributed by atoms with Gasteiger partial charge in [0.05, 0.1) is 0 Å². The fraction of sp³-hybridized carbons (Fsp3) is 0.0370.